The van der Waals surface area contributed by atoms with Crippen LogP contribution in [0, 0.1) is 6.92 Å². The molecule has 0 saturated heterocycles. The molecule has 0 heterocycles. The predicted molar refractivity (Wildman–Crippen MR) is 124 cm³/mol. The number of aryl methyl sites for hydroxylation is 1. The second-order valence-electron chi connectivity index (χ2n) is 6.93. The summed E-state index contributed by atoms with van der Waals surface area (Å²) in [7, 11) is -1.94. The normalized spacial score (nSPS) is 11.8. The standard InChI is InChI=1S/C22H31N5O3S/c1-4-24-22(25-13-12-18-6-5-7-19(16-18)21(28)23-3)26-14-15-27-31(29,30)20-10-8-17(2)9-11-20/h5-11,16,27H,4,12-15H2,1-3H3,(H,23,28)(H2,24,25,26). The Balaban J connectivity index is 1.85. The van der Waals surface area contributed by atoms with Crippen molar-refractivity contribution < 1.29 is 13.2 Å². The van der Waals surface area contributed by atoms with Crippen LogP contribution in [-0.4, -0.2) is 53.5 Å². The van der Waals surface area contributed by atoms with Gasteiger partial charge in [-0.2, -0.15) is 0 Å². The number of hydrogen-bond acceptors (Lipinski definition) is 4. The molecule has 8 nitrogen and oxygen atoms in total. The summed E-state index contributed by atoms with van der Waals surface area (Å²) in [5.74, 6) is 0.497. The SMILES string of the molecule is CCNC(=NCCNS(=O)(=O)c1ccc(C)cc1)NCCc1cccc(C(=O)NC)c1. The van der Waals surface area contributed by atoms with E-state index in [1.807, 2.05) is 32.0 Å². The third-order valence-corrected chi connectivity index (χ3v) is 5.95. The first kappa shape index (κ1) is 24.4. The summed E-state index contributed by atoms with van der Waals surface area (Å²) in [6.07, 6.45) is 0.718. The highest BCUT2D eigenvalue weighted by Crippen LogP contribution is 2.09. The van der Waals surface area contributed by atoms with Gasteiger partial charge in [-0.05, 0) is 50.1 Å². The summed E-state index contributed by atoms with van der Waals surface area (Å²) in [5, 5.41) is 8.99. The number of nitrogens with zero attached hydrogens (tertiary/aromatic N) is 1. The molecule has 0 aliphatic carbocycles. The van der Waals surface area contributed by atoms with Crippen LogP contribution in [0.1, 0.15) is 28.4 Å². The van der Waals surface area contributed by atoms with Crippen molar-refractivity contribution in [2.45, 2.75) is 25.2 Å². The van der Waals surface area contributed by atoms with Gasteiger partial charge in [0.25, 0.3) is 5.91 Å². The number of nitrogens with one attached hydrogen (secondary N) is 4. The lowest BCUT2D eigenvalue weighted by Gasteiger charge is -2.12. The van der Waals surface area contributed by atoms with Crippen LogP contribution in [0.3, 0.4) is 0 Å². The molecule has 2 aromatic rings. The van der Waals surface area contributed by atoms with Crippen molar-refractivity contribution in [3.8, 4) is 0 Å². The van der Waals surface area contributed by atoms with Crippen molar-refractivity contribution >= 4 is 21.9 Å². The molecule has 0 aliphatic heterocycles. The minimum Gasteiger partial charge on any atom is -0.357 e. The molecule has 31 heavy (non-hydrogen) atoms. The number of rotatable bonds is 10. The van der Waals surface area contributed by atoms with E-state index in [1.54, 1.807) is 37.4 Å². The Kier molecular flexibility index (Phi) is 9.48. The van der Waals surface area contributed by atoms with Gasteiger partial charge < -0.3 is 16.0 Å². The molecule has 0 fully saturated rings. The van der Waals surface area contributed by atoms with Crippen LogP contribution < -0.4 is 20.7 Å². The Morgan fingerprint density at radius 2 is 1.77 bits per heavy atom. The number of carbonyl (C=O) groups excluding carboxylic acids is 1. The summed E-state index contributed by atoms with van der Waals surface area (Å²) < 4.78 is 27.2. The third kappa shape index (κ3) is 8.03. The Morgan fingerprint density at radius 1 is 1.03 bits per heavy atom. The van der Waals surface area contributed by atoms with E-state index in [0.717, 1.165) is 17.5 Å². The van der Waals surface area contributed by atoms with E-state index in [-0.39, 0.29) is 17.3 Å². The van der Waals surface area contributed by atoms with E-state index in [1.165, 1.54) is 0 Å². The van der Waals surface area contributed by atoms with Gasteiger partial charge in [-0.25, -0.2) is 13.1 Å². The first-order valence-electron chi connectivity index (χ1n) is 10.2. The fourth-order valence-electron chi connectivity index (χ4n) is 2.83. The summed E-state index contributed by atoms with van der Waals surface area (Å²) in [4.78, 5) is 16.4. The summed E-state index contributed by atoms with van der Waals surface area (Å²) in [5.41, 5.74) is 2.67. The molecule has 0 aliphatic rings. The molecule has 4 N–H and O–H groups in total. The van der Waals surface area contributed by atoms with Crippen LogP contribution >= 0.6 is 0 Å². The predicted octanol–water partition coefficient (Wildman–Crippen LogP) is 1.43. The summed E-state index contributed by atoms with van der Waals surface area (Å²) in [6.45, 7) is 5.68. The largest absolute Gasteiger partial charge is 0.357 e. The average Bonchev–Trinajstić information content (AvgIpc) is 2.76. The van der Waals surface area contributed by atoms with E-state index in [0.29, 0.717) is 31.2 Å². The van der Waals surface area contributed by atoms with Crippen molar-refractivity contribution in [3.05, 3.63) is 65.2 Å². The Labute approximate surface area is 184 Å². The van der Waals surface area contributed by atoms with E-state index in [9.17, 15) is 13.2 Å². The Hall–Kier alpha value is -2.91. The van der Waals surface area contributed by atoms with Crippen molar-refractivity contribution in [1.29, 1.82) is 0 Å². The summed E-state index contributed by atoms with van der Waals surface area (Å²) in [6, 6.07) is 14.2. The van der Waals surface area contributed by atoms with Crippen molar-refractivity contribution in [2.24, 2.45) is 4.99 Å². The molecule has 1 amide bonds. The third-order valence-electron chi connectivity index (χ3n) is 4.47. The van der Waals surface area contributed by atoms with E-state index < -0.39 is 10.0 Å². The maximum Gasteiger partial charge on any atom is 0.251 e. The number of sulfonamides is 1. The maximum atomic E-state index is 12.3. The van der Waals surface area contributed by atoms with Gasteiger partial charge in [0.05, 0.1) is 11.4 Å². The Morgan fingerprint density at radius 3 is 2.45 bits per heavy atom. The fraction of sp³-hybridized carbons (Fsp3) is 0.364. The van der Waals surface area contributed by atoms with Gasteiger partial charge in [0.2, 0.25) is 10.0 Å². The number of hydrogen-bond donors (Lipinski definition) is 4. The van der Waals surface area contributed by atoms with Crippen molar-refractivity contribution in [1.82, 2.24) is 20.7 Å². The van der Waals surface area contributed by atoms with Gasteiger partial charge >= 0.3 is 0 Å². The smallest absolute Gasteiger partial charge is 0.251 e. The molecule has 9 heteroatoms. The molecule has 0 aromatic heterocycles. The molecular formula is C22H31N5O3S. The topological polar surface area (TPSA) is 112 Å². The lowest BCUT2D eigenvalue weighted by atomic mass is 10.1. The zero-order valence-electron chi connectivity index (χ0n) is 18.2. The number of carbonyl (C=O) groups is 1. The second kappa shape index (κ2) is 12.1. The highest BCUT2D eigenvalue weighted by molar-refractivity contribution is 7.89. The molecular weight excluding hydrogens is 414 g/mol. The number of aliphatic imine (C=N–C) groups is 1. The van der Waals surface area contributed by atoms with Crippen LogP contribution in [0.4, 0.5) is 0 Å². The van der Waals surface area contributed by atoms with Gasteiger partial charge in [0.15, 0.2) is 5.96 Å². The van der Waals surface area contributed by atoms with E-state index >= 15 is 0 Å². The van der Waals surface area contributed by atoms with Gasteiger partial charge in [0, 0.05) is 32.2 Å². The number of guanidine groups is 1. The first-order chi connectivity index (χ1) is 14.9. The Bertz CT molecular complexity index is 988. The molecule has 0 bridgehead atoms. The quantitative estimate of drug-likeness (QED) is 0.251. The summed E-state index contributed by atoms with van der Waals surface area (Å²) >= 11 is 0. The zero-order chi connectivity index (χ0) is 22.7. The fourth-order valence-corrected chi connectivity index (χ4v) is 3.85. The van der Waals surface area contributed by atoms with Crippen LogP contribution in [0.25, 0.3) is 0 Å². The molecule has 2 aromatic carbocycles. The van der Waals surface area contributed by atoms with E-state index in [4.69, 9.17) is 0 Å². The highest BCUT2D eigenvalue weighted by Gasteiger charge is 2.12. The minimum absolute atomic E-state index is 0.113. The monoisotopic (exact) mass is 445 g/mol. The first-order valence-corrected chi connectivity index (χ1v) is 11.7. The molecule has 2 rings (SSSR count). The van der Waals surface area contributed by atoms with Gasteiger partial charge in [-0.15, -0.1) is 0 Å². The van der Waals surface area contributed by atoms with Crippen LogP contribution in [-0.2, 0) is 16.4 Å². The lowest BCUT2D eigenvalue weighted by Crippen LogP contribution is -2.39. The van der Waals surface area contributed by atoms with Gasteiger partial charge in [0.1, 0.15) is 0 Å². The molecule has 0 radical (unpaired) electrons. The van der Waals surface area contributed by atoms with Gasteiger partial charge in [-0.3, -0.25) is 9.79 Å². The zero-order valence-corrected chi connectivity index (χ0v) is 19.1. The molecule has 168 valence electrons. The minimum atomic E-state index is -3.55. The van der Waals surface area contributed by atoms with Crippen LogP contribution in [0.5, 0.6) is 0 Å². The van der Waals surface area contributed by atoms with Crippen LogP contribution in [0.15, 0.2) is 58.4 Å². The van der Waals surface area contributed by atoms with Crippen LogP contribution in [0.2, 0.25) is 0 Å². The lowest BCUT2D eigenvalue weighted by molar-refractivity contribution is 0.0963. The van der Waals surface area contributed by atoms with Crippen molar-refractivity contribution in [3.63, 3.8) is 0 Å². The molecule has 0 spiro atoms. The number of benzene rings is 2. The van der Waals surface area contributed by atoms with E-state index in [2.05, 4.69) is 25.7 Å². The average molecular weight is 446 g/mol. The molecule has 0 atom stereocenters. The second-order valence-corrected chi connectivity index (χ2v) is 8.69. The molecule has 0 saturated carbocycles. The highest BCUT2D eigenvalue weighted by atomic mass is 32.2. The van der Waals surface area contributed by atoms with Crippen molar-refractivity contribution in [2.75, 3.05) is 33.2 Å². The number of amides is 1. The maximum absolute atomic E-state index is 12.3. The van der Waals surface area contributed by atoms with Gasteiger partial charge in [-0.1, -0.05) is 29.8 Å². The molecule has 0 unspecified atom stereocenters.